The number of amides is 1. The van der Waals surface area contributed by atoms with Crippen molar-refractivity contribution in [3.8, 4) is 11.5 Å². The maximum absolute atomic E-state index is 12.5. The van der Waals surface area contributed by atoms with E-state index < -0.39 is 0 Å². The van der Waals surface area contributed by atoms with Crippen LogP contribution in [0.15, 0.2) is 65.2 Å². The SMILES string of the molecule is Cc1ccc(-c2nc3ncccc3o2)cc1NC(=O)c1cccc(I)c1. The molecule has 2 aromatic carbocycles. The molecule has 1 amide bonds. The topological polar surface area (TPSA) is 68.0 Å². The van der Waals surface area contributed by atoms with Gasteiger partial charge in [-0.3, -0.25) is 4.79 Å². The molecule has 0 spiro atoms. The second-order valence-electron chi connectivity index (χ2n) is 5.84. The van der Waals surface area contributed by atoms with Crippen molar-refractivity contribution in [2.75, 3.05) is 5.32 Å². The van der Waals surface area contributed by atoms with E-state index in [0.717, 1.165) is 20.4 Å². The maximum Gasteiger partial charge on any atom is 0.255 e. The zero-order valence-electron chi connectivity index (χ0n) is 13.9. The first-order valence-electron chi connectivity index (χ1n) is 8.00. The molecule has 1 N–H and O–H groups in total. The van der Waals surface area contributed by atoms with Gasteiger partial charge in [-0.15, -0.1) is 0 Å². The van der Waals surface area contributed by atoms with E-state index in [1.54, 1.807) is 18.3 Å². The first-order chi connectivity index (χ1) is 12.6. The second kappa shape index (κ2) is 6.87. The monoisotopic (exact) mass is 455 g/mol. The number of rotatable bonds is 3. The van der Waals surface area contributed by atoms with Crippen LogP contribution in [-0.4, -0.2) is 15.9 Å². The number of anilines is 1. The van der Waals surface area contributed by atoms with Crippen molar-refractivity contribution in [2.45, 2.75) is 6.92 Å². The molecule has 0 radical (unpaired) electrons. The summed E-state index contributed by atoms with van der Waals surface area (Å²) in [6, 6.07) is 16.8. The Bertz CT molecular complexity index is 1090. The average molecular weight is 455 g/mol. The van der Waals surface area contributed by atoms with Gasteiger partial charge in [0.05, 0.1) is 0 Å². The van der Waals surface area contributed by atoms with E-state index in [1.165, 1.54) is 0 Å². The fourth-order valence-corrected chi connectivity index (χ4v) is 3.15. The van der Waals surface area contributed by atoms with Gasteiger partial charge in [-0.25, -0.2) is 4.98 Å². The fourth-order valence-electron chi connectivity index (χ4n) is 2.61. The lowest BCUT2D eigenvalue weighted by atomic mass is 10.1. The average Bonchev–Trinajstić information content (AvgIpc) is 3.07. The number of oxazole rings is 1. The Balaban J connectivity index is 1.67. The predicted octanol–water partition coefficient (Wildman–Crippen LogP) is 5.06. The lowest BCUT2D eigenvalue weighted by Gasteiger charge is -2.10. The molecular weight excluding hydrogens is 441 g/mol. The van der Waals surface area contributed by atoms with E-state index in [9.17, 15) is 4.79 Å². The number of hydrogen-bond acceptors (Lipinski definition) is 4. The third kappa shape index (κ3) is 3.32. The highest BCUT2D eigenvalue weighted by Crippen LogP contribution is 2.27. The van der Waals surface area contributed by atoms with Crippen molar-refractivity contribution in [1.29, 1.82) is 0 Å². The second-order valence-corrected chi connectivity index (χ2v) is 7.08. The zero-order chi connectivity index (χ0) is 18.1. The highest BCUT2D eigenvalue weighted by molar-refractivity contribution is 14.1. The Morgan fingerprint density at radius 3 is 2.81 bits per heavy atom. The van der Waals surface area contributed by atoms with Crippen molar-refractivity contribution in [1.82, 2.24) is 9.97 Å². The number of carbonyl (C=O) groups excluding carboxylic acids is 1. The molecule has 4 rings (SSSR count). The van der Waals surface area contributed by atoms with Gasteiger partial charge in [-0.1, -0.05) is 12.1 Å². The van der Waals surface area contributed by atoms with Crippen molar-refractivity contribution in [3.05, 3.63) is 75.5 Å². The molecule has 6 heteroatoms. The smallest absolute Gasteiger partial charge is 0.255 e. The van der Waals surface area contributed by atoms with Crippen molar-refractivity contribution >= 4 is 45.4 Å². The summed E-state index contributed by atoms with van der Waals surface area (Å²) in [5.74, 6) is 0.325. The third-order valence-electron chi connectivity index (χ3n) is 3.98. The molecule has 0 saturated heterocycles. The van der Waals surface area contributed by atoms with E-state index in [-0.39, 0.29) is 5.91 Å². The summed E-state index contributed by atoms with van der Waals surface area (Å²) in [5.41, 5.74) is 4.28. The number of hydrogen-bond donors (Lipinski definition) is 1. The number of benzene rings is 2. The standard InChI is InChI=1S/C20H14IN3O2/c1-12-7-8-14(20-24-18-17(26-20)6-3-9-22-18)11-16(12)23-19(25)13-4-2-5-15(21)10-13/h2-11H,1H3,(H,23,25). The highest BCUT2D eigenvalue weighted by Gasteiger charge is 2.13. The molecule has 0 unspecified atom stereocenters. The molecule has 5 nitrogen and oxygen atoms in total. The molecule has 0 aliphatic carbocycles. The number of pyridine rings is 1. The van der Waals surface area contributed by atoms with Gasteiger partial charge >= 0.3 is 0 Å². The molecule has 0 bridgehead atoms. The minimum absolute atomic E-state index is 0.150. The van der Waals surface area contributed by atoms with Crippen LogP contribution in [0.2, 0.25) is 0 Å². The summed E-state index contributed by atoms with van der Waals surface area (Å²) in [6.45, 7) is 1.95. The number of carbonyl (C=O) groups is 1. The van der Waals surface area contributed by atoms with Crippen LogP contribution in [0.4, 0.5) is 5.69 Å². The van der Waals surface area contributed by atoms with E-state index in [2.05, 4.69) is 37.9 Å². The molecule has 0 aliphatic rings. The quantitative estimate of drug-likeness (QED) is 0.439. The Labute approximate surface area is 163 Å². The van der Waals surface area contributed by atoms with Crippen LogP contribution in [-0.2, 0) is 0 Å². The normalized spacial score (nSPS) is 10.8. The number of aryl methyl sites for hydroxylation is 1. The largest absolute Gasteiger partial charge is 0.434 e. The van der Waals surface area contributed by atoms with Crippen LogP contribution in [0.5, 0.6) is 0 Å². The van der Waals surface area contributed by atoms with Gasteiger partial charge in [-0.2, -0.15) is 4.98 Å². The summed E-state index contributed by atoms with van der Waals surface area (Å²) < 4.78 is 6.78. The summed E-state index contributed by atoms with van der Waals surface area (Å²) in [5, 5.41) is 2.97. The molecule has 0 aliphatic heterocycles. The number of nitrogens with zero attached hydrogens (tertiary/aromatic N) is 2. The van der Waals surface area contributed by atoms with Gasteiger partial charge < -0.3 is 9.73 Å². The summed E-state index contributed by atoms with van der Waals surface area (Å²) in [6.07, 6.45) is 1.68. The van der Waals surface area contributed by atoms with Crippen LogP contribution in [0, 0.1) is 10.5 Å². The fraction of sp³-hybridized carbons (Fsp3) is 0.0500. The molecule has 0 atom stereocenters. The van der Waals surface area contributed by atoms with Crippen LogP contribution < -0.4 is 5.32 Å². The number of aromatic nitrogens is 2. The summed E-state index contributed by atoms with van der Waals surface area (Å²) in [4.78, 5) is 21.1. The Kier molecular flexibility index (Phi) is 4.42. The van der Waals surface area contributed by atoms with Crippen LogP contribution in [0.25, 0.3) is 22.7 Å². The molecular formula is C20H14IN3O2. The maximum atomic E-state index is 12.5. The van der Waals surface area contributed by atoms with Crippen molar-refractivity contribution in [3.63, 3.8) is 0 Å². The molecule has 0 saturated carbocycles. The summed E-state index contributed by atoms with van der Waals surface area (Å²) >= 11 is 2.19. The minimum atomic E-state index is -0.150. The van der Waals surface area contributed by atoms with Crippen molar-refractivity contribution in [2.24, 2.45) is 0 Å². The Hall–Kier alpha value is -2.74. The van der Waals surface area contributed by atoms with Crippen LogP contribution in [0.1, 0.15) is 15.9 Å². The van der Waals surface area contributed by atoms with Gasteiger partial charge in [0.1, 0.15) is 0 Å². The van der Waals surface area contributed by atoms with E-state index in [0.29, 0.717) is 22.7 Å². The lowest BCUT2D eigenvalue weighted by Crippen LogP contribution is -2.13. The van der Waals surface area contributed by atoms with Crippen molar-refractivity contribution < 1.29 is 9.21 Å². The molecule has 0 fully saturated rings. The zero-order valence-corrected chi connectivity index (χ0v) is 16.0. The molecule has 128 valence electrons. The first kappa shape index (κ1) is 16.7. The van der Waals surface area contributed by atoms with E-state index >= 15 is 0 Å². The third-order valence-corrected chi connectivity index (χ3v) is 4.66. The van der Waals surface area contributed by atoms with Crippen LogP contribution >= 0.6 is 22.6 Å². The first-order valence-corrected chi connectivity index (χ1v) is 9.07. The van der Waals surface area contributed by atoms with E-state index in [1.807, 2.05) is 49.4 Å². The molecule has 4 aromatic rings. The minimum Gasteiger partial charge on any atom is -0.434 e. The van der Waals surface area contributed by atoms with E-state index in [4.69, 9.17) is 4.42 Å². The number of halogens is 1. The predicted molar refractivity (Wildman–Crippen MR) is 109 cm³/mol. The van der Waals surface area contributed by atoms with Gasteiger partial charge in [0.2, 0.25) is 5.89 Å². The highest BCUT2D eigenvalue weighted by atomic mass is 127. The van der Waals surface area contributed by atoms with Gasteiger partial charge in [0, 0.05) is 26.6 Å². The lowest BCUT2D eigenvalue weighted by molar-refractivity contribution is 0.102. The number of fused-ring (bicyclic) bond motifs is 1. The van der Waals surface area contributed by atoms with Gasteiger partial charge in [0.25, 0.3) is 5.91 Å². The molecule has 26 heavy (non-hydrogen) atoms. The Morgan fingerprint density at radius 2 is 2.00 bits per heavy atom. The summed E-state index contributed by atoms with van der Waals surface area (Å²) in [7, 11) is 0. The number of nitrogens with one attached hydrogen (secondary N) is 1. The Morgan fingerprint density at radius 1 is 1.12 bits per heavy atom. The van der Waals surface area contributed by atoms with Crippen LogP contribution in [0.3, 0.4) is 0 Å². The molecule has 2 heterocycles. The van der Waals surface area contributed by atoms with Gasteiger partial charge in [0.15, 0.2) is 11.2 Å². The van der Waals surface area contributed by atoms with Gasteiger partial charge in [-0.05, 0) is 77.5 Å². The molecule has 2 aromatic heterocycles.